The van der Waals surface area contributed by atoms with Crippen molar-refractivity contribution in [3.05, 3.63) is 65.1 Å². The van der Waals surface area contributed by atoms with Crippen LogP contribution in [0.3, 0.4) is 0 Å². The van der Waals surface area contributed by atoms with Crippen LogP contribution in [-0.4, -0.2) is 31.5 Å². The van der Waals surface area contributed by atoms with Crippen LogP contribution >= 0.6 is 0 Å². The number of methoxy groups -OCH3 is 1. The summed E-state index contributed by atoms with van der Waals surface area (Å²) in [6.45, 7) is 0. The number of fused-ring (bicyclic) bond motifs is 1. The van der Waals surface area contributed by atoms with Gasteiger partial charge in [-0.2, -0.15) is 0 Å². The van der Waals surface area contributed by atoms with Gasteiger partial charge in [0.15, 0.2) is 12.0 Å². The van der Waals surface area contributed by atoms with Crippen molar-refractivity contribution in [1.29, 1.82) is 0 Å². The number of nitrogens with zero attached hydrogens (tertiary/aromatic N) is 1. The van der Waals surface area contributed by atoms with Gasteiger partial charge in [-0.15, -0.1) is 0 Å². The zero-order valence-corrected chi connectivity index (χ0v) is 14.9. The average Bonchev–Trinajstić information content (AvgIpc) is 2.69. The van der Waals surface area contributed by atoms with Crippen LogP contribution in [0.25, 0.3) is 10.9 Å². The van der Waals surface area contributed by atoms with E-state index in [2.05, 4.69) is 15.6 Å². The second-order valence-corrected chi connectivity index (χ2v) is 5.91. The van der Waals surface area contributed by atoms with Gasteiger partial charge in [0.05, 0.1) is 18.4 Å². The van der Waals surface area contributed by atoms with E-state index < -0.39 is 6.03 Å². The van der Waals surface area contributed by atoms with Gasteiger partial charge >= 0.3 is 6.03 Å². The molecule has 2 amide bonds. The van der Waals surface area contributed by atoms with E-state index in [-0.39, 0.29) is 11.4 Å². The van der Waals surface area contributed by atoms with Crippen LogP contribution in [-0.2, 0) is 6.42 Å². The van der Waals surface area contributed by atoms with Gasteiger partial charge in [0.1, 0.15) is 11.3 Å². The molecule has 0 spiro atoms. The van der Waals surface area contributed by atoms with Gasteiger partial charge in [-0.1, -0.05) is 12.1 Å². The van der Waals surface area contributed by atoms with Crippen molar-refractivity contribution < 1.29 is 18.7 Å². The van der Waals surface area contributed by atoms with Crippen molar-refractivity contribution in [2.45, 2.75) is 6.42 Å². The number of urea groups is 1. The first-order valence-electron chi connectivity index (χ1n) is 8.23. The second-order valence-electron chi connectivity index (χ2n) is 5.91. The largest absolute Gasteiger partial charge is 0.494 e. The molecule has 0 aliphatic heterocycles. The normalized spacial score (nSPS) is 10.5. The molecule has 0 aliphatic carbocycles. The highest BCUT2D eigenvalue weighted by Crippen LogP contribution is 2.34. The Labute approximate surface area is 155 Å². The Balaban J connectivity index is 2.11. The smallest absolute Gasteiger partial charge is 0.318 e. The molecule has 6 nitrogen and oxygen atoms in total. The zero-order valence-electron chi connectivity index (χ0n) is 14.9. The second kappa shape index (κ2) is 7.82. The van der Waals surface area contributed by atoms with Gasteiger partial charge in [-0.3, -0.25) is 9.78 Å². The number of hydrogen-bond acceptors (Lipinski definition) is 4. The van der Waals surface area contributed by atoms with Crippen LogP contribution in [0.4, 0.5) is 14.9 Å². The lowest BCUT2D eigenvalue weighted by molar-refractivity contribution is 0.112. The number of carbonyl (C=O) groups excluding carboxylic acids is 2. The molecule has 7 heteroatoms. The molecular weight excluding hydrogens is 349 g/mol. The molecule has 2 N–H and O–H groups in total. The van der Waals surface area contributed by atoms with Crippen LogP contribution in [0.2, 0.25) is 0 Å². The molecule has 0 unspecified atom stereocenters. The minimum Gasteiger partial charge on any atom is -0.494 e. The fourth-order valence-electron chi connectivity index (χ4n) is 2.85. The lowest BCUT2D eigenvalue weighted by Crippen LogP contribution is -2.24. The number of rotatable bonds is 5. The Morgan fingerprint density at radius 3 is 2.59 bits per heavy atom. The van der Waals surface area contributed by atoms with E-state index in [0.29, 0.717) is 35.0 Å². The van der Waals surface area contributed by atoms with Gasteiger partial charge in [-0.25, -0.2) is 9.18 Å². The third kappa shape index (κ3) is 3.87. The lowest BCUT2D eigenvalue weighted by Gasteiger charge is -2.14. The maximum absolute atomic E-state index is 13.1. The molecule has 1 aromatic heterocycles. The number of aldehydes is 1. The first-order chi connectivity index (χ1) is 13.0. The molecule has 1 heterocycles. The lowest BCUT2D eigenvalue weighted by atomic mass is 10.0. The van der Waals surface area contributed by atoms with Gasteiger partial charge in [-0.05, 0) is 41.8 Å². The fraction of sp³-hybridized carbons (Fsp3) is 0.150. The monoisotopic (exact) mass is 367 g/mol. The van der Waals surface area contributed by atoms with Gasteiger partial charge in [0.25, 0.3) is 0 Å². The summed E-state index contributed by atoms with van der Waals surface area (Å²) in [5, 5.41) is 5.82. The molecule has 0 atom stereocenters. The van der Waals surface area contributed by atoms with Crippen LogP contribution < -0.4 is 15.4 Å². The van der Waals surface area contributed by atoms with E-state index >= 15 is 0 Å². The van der Waals surface area contributed by atoms with Gasteiger partial charge < -0.3 is 15.4 Å². The summed E-state index contributed by atoms with van der Waals surface area (Å²) in [4.78, 5) is 27.6. The fourth-order valence-corrected chi connectivity index (χ4v) is 2.85. The van der Waals surface area contributed by atoms with E-state index in [1.54, 1.807) is 24.4 Å². The number of benzene rings is 2. The Hall–Kier alpha value is -3.48. The summed E-state index contributed by atoms with van der Waals surface area (Å²) in [5.74, 6) is 0.0503. The van der Waals surface area contributed by atoms with Crippen molar-refractivity contribution >= 4 is 28.9 Å². The van der Waals surface area contributed by atoms with Crippen molar-refractivity contribution in [1.82, 2.24) is 10.3 Å². The van der Waals surface area contributed by atoms with E-state index in [0.717, 1.165) is 11.1 Å². The van der Waals surface area contributed by atoms with E-state index in [9.17, 15) is 14.0 Å². The summed E-state index contributed by atoms with van der Waals surface area (Å²) in [6, 6.07) is 9.23. The molecule has 0 bridgehead atoms. The molecule has 138 valence electrons. The number of carbonyl (C=O) groups is 2. The summed E-state index contributed by atoms with van der Waals surface area (Å²) >= 11 is 0. The quantitative estimate of drug-likeness (QED) is 0.676. The number of aromatic nitrogens is 1. The standard InChI is InChI=1S/C20H18FN3O3/c1-22-20(26)24-17-9-14(11-25)19(27-2)18-16(17)8-13(10-23-18)7-12-3-5-15(21)6-4-12/h3-6,8-11H,7H2,1-2H3,(H2,22,24,26). The number of anilines is 1. The first-order valence-corrected chi connectivity index (χ1v) is 8.23. The Bertz CT molecular complexity index is 1000. The van der Waals surface area contributed by atoms with Crippen molar-refractivity contribution in [2.24, 2.45) is 0 Å². The third-order valence-electron chi connectivity index (χ3n) is 4.14. The molecule has 3 rings (SSSR count). The Kier molecular flexibility index (Phi) is 5.30. The van der Waals surface area contributed by atoms with Gasteiger partial charge in [0, 0.05) is 18.6 Å². The molecular formula is C20H18FN3O3. The van der Waals surface area contributed by atoms with Crippen LogP contribution in [0, 0.1) is 5.82 Å². The number of halogens is 1. The average molecular weight is 367 g/mol. The summed E-state index contributed by atoms with van der Waals surface area (Å²) in [5.41, 5.74) is 3.00. The van der Waals surface area contributed by atoms with Crippen LogP contribution in [0.1, 0.15) is 21.5 Å². The van der Waals surface area contributed by atoms with E-state index in [1.165, 1.54) is 26.3 Å². The van der Waals surface area contributed by atoms with Gasteiger partial charge in [0.2, 0.25) is 0 Å². The minimum absolute atomic E-state index is 0.287. The summed E-state index contributed by atoms with van der Waals surface area (Å²) in [6.07, 6.45) is 2.87. The highest BCUT2D eigenvalue weighted by Gasteiger charge is 2.16. The molecule has 0 aliphatic rings. The number of nitrogens with one attached hydrogen (secondary N) is 2. The number of hydrogen-bond donors (Lipinski definition) is 2. The molecule has 27 heavy (non-hydrogen) atoms. The minimum atomic E-state index is -0.415. The Morgan fingerprint density at radius 1 is 1.22 bits per heavy atom. The predicted molar refractivity (Wildman–Crippen MR) is 101 cm³/mol. The topological polar surface area (TPSA) is 80.3 Å². The molecule has 0 radical (unpaired) electrons. The molecule has 0 saturated heterocycles. The summed E-state index contributed by atoms with van der Waals surface area (Å²) in [7, 11) is 2.96. The molecule has 3 aromatic rings. The van der Waals surface area contributed by atoms with E-state index in [1.807, 2.05) is 6.07 Å². The molecule has 0 saturated carbocycles. The highest BCUT2D eigenvalue weighted by atomic mass is 19.1. The third-order valence-corrected chi connectivity index (χ3v) is 4.14. The summed E-state index contributed by atoms with van der Waals surface area (Å²) < 4.78 is 18.4. The van der Waals surface area contributed by atoms with Crippen LogP contribution in [0.5, 0.6) is 5.75 Å². The zero-order chi connectivity index (χ0) is 19.4. The maximum Gasteiger partial charge on any atom is 0.318 e. The maximum atomic E-state index is 13.1. The number of amides is 2. The Morgan fingerprint density at radius 2 is 1.96 bits per heavy atom. The number of ether oxygens (including phenoxy) is 1. The number of pyridine rings is 1. The first kappa shape index (κ1) is 18.3. The predicted octanol–water partition coefficient (Wildman–Crippen LogP) is 3.54. The molecule has 2 aromatic carbocycles. The SMILES string of the molecule is CNC(=O)Nc1cc(C=O)c(OC)c2ncc(Cc3ccc(F)cc3)cc12. The molecule has 0 fully saturated rings. The van der Waals surface area contributed by atoms with Crippen molar-refractivity contribution in [2.75, 3.05) is 19.5 Å². The highest BCUT2D eigenvalue weighted by molar-refractivity contribution is 6.06. The van der Waals surface area contributed by atoms with Crippen molar-refractivity contribution in [3.8, 4) is 5.75 Å². The van der Waals surface area contributed by atoms with Crippen LogP contribution in [0.15, 0.2) is 42.6 Å². The van der Waals surface area contributed by atoms with E-state index in [4.69, 9.17) is 4.74 Å². The van der Waals surface area contributed by atoms with Crippen molar-refractivity contribution in [3.63, 3.8) is 0 Å².